The summed E-state index contributed by atoms with van der Waals surface area (Å²) >= 11 is 2.04. The summed E-state index contributed by atoms with van der Waals surface area (Å²) in [4.78, 5) is 59.4. The average molecular weight is 562 g/mol. The number of fused-ring (bicyclic) bond motifs is 1. The lowest BCUT2D eigenvalue weighted by Gasteiger charge is -2.49. The summed E-state index contributed by atoms with van der Waals surface area (Å²) in [6.45, 7) is 1.81. The van der Waals surface area contributed by atoms with Gasteiger partial charge in [0, 0.05) is 42.5 Å². The van der Waals surface area contributed by atoms with Gasteiger partial charge < -0.3 is 31.2 Å². The average Bonchev–Trinajstić information content (AvgIpc) is 3.63. The monoisotopic (exact) mass is 561 g/mol. The number of allylic oxidation sites excluding steroid dienone is 1. The van der Waals surface area contributed by atoms with Crippen molar-refractivity contribution in [1.82, 2.24) is 29.4 Å². The maximum absolute atomic E-state index is 13.1. The van der Waals surface area contributed by atoms with Gasteiger partial charge in [0.2, 0.25) is 17.4 Å². The number of anilines is 1. The number of aromatic nitrogens is 2. The second-order valence-corrected chi connectivity index (χ2v) is 10.8. The molecular formula is C21H23N9O6S2. The zero-order valence-corrected chi connectivity index (χ0v) is 21.4. The SMILES string of the molecule is N=CN1CC[C@@H](N2CC/C(=C\C3=C(C(=O)O)N4C(=O)[C@@H](NC(=O)/C(=N\O)c5nsc(N)n5)[C@H]4SC3)C2=O)C1. The van der Waals surface area contributed by atoms with E-state index in [1.165, 1.54) is 18.1 Å². The summed E-state index contributed by atoms with van der Waals surface area (Å²) in [5.74, 6) is -3.05. The fraction of sp³-hybridized carbons (Fsp3) is 0.429. The number of oxime groups is 1. The molecule has 0 radical (unpaired) electrons. The molecule has 3 fully saturated rings. The van der Waals surface area contributed by atoms with Crippen LogP contribution in [0.15, 0.2) is 28.1 Å². The van der Waals surface area contributed by atoms with Gasteiger partial charge in [-0.1, -0.05) is 5.16 Å². The molecule has 0 bridgehead atoms. The standard InChI is InChI=1S/C21H23N9O6S2/c22-8-28-3-2-11(6-28)29-4-1-9(17(29)32)5-10-7-37-19-13(18(33)30(19)14(10)20(34)35)24-16(31)12(26-36)15-25-21(23)38-27-15/h5,8,11,13,19,22,36H,1-4,6-7H2,(H,24,31)(H,34,35)(H2,23,25,27)/b9-5+,22-8?,26-12-/t11-,13-,19-/m1/s1. The Hall–Kier alpha value is -3.99. The van der Waals surface area contributed by atoms with Gasteiger partial charge in [-0.3, -0.25) is 24.7 Å². The van der Waals surface area contributed by atoms with E-state index in [9.17, 15) is 29.5 Å². The van der Waals surface area contributed by atoms with Gasteiger partial charge in [-0.25, -0.2) is 4.79 Å². The third-order valence-electron chi connectivity index (χ3n) is 6.78. The molecule has 5 heterocycles. The number of nitrogens with one attached hydrogen (secondary N) is 2. The zero-order valence-electron chi connectivity index (χ0n) is 19.7. The quantitative estimate of drug-likeness (QED) is 0.0670. The Morgan fingerprint density at radius 3 is 2.71 bits per heavy atom. The minimum atomic E-state index is -1.32. The number of rotatable bonds is 7. The van der Waals surface area contributed by atoms with E-state index in [0.29, 0.717) is 37.2 Å². The fourth-order valence-electron chi connectivity index (χ4n) is 4.95. The van der Waals surface area contributed by atoms with Gasteiger partial charge in [0.05, 0.1) is 12.4 Å². The normalized spacial score (nSPS) is 26.6. The number of hydrogen-bond donors (Lipinski definition) is 5. The minimum absolute atomic E-state index is 0.00219. The van der Waals surface area contributed by atoms with Crippen molar-refractivity contribution in [3.05, 3.63) is 28.7 Å². The van der Waals surface area contributed by atoms with Crippen LogP contribution in [0.5, 0.6) is 0 Å². The molecule has 3 saturated heterocycles. The first-order chi connectivity index (χ1) is 18.2. The van der Waals surface area contributed by atoms with Gasteiger partial charge in [0.1, 0.15) is 17.1 Å². The summed E-state index contributed by atoms with van der Waals surface area (Å²) in [6, 6.07) is -1.07. The van der Waals surface area contributed by atoms with E-state index in [1.807, 2.05) is 4.90 Å². The van der Waals surface area contributed by atoms with E-state index < -0.39 is 34.9 Å². The van der Waals surface area contributed by atoms with Crippen molar-refractivity contribution < 1.29 is 29.5 Å². The van der Waals surface area contributed by atoms with Gasteiger partial charge in [-0.15, -0.1) is 11.8 Å². The summed E-state index contributed by atoms with van der Waals surface area (Å²) in [5, 5.41) is 31.3. The first kappa shape index (κ1) is 25.7. The molecule has 0 spiro atoms. The van der Waals surface area contributed by atoms with Crippen LogP contribution in [-0.2, 0) is 19.2 Å². The molecule has 5 rings (SSSR count). The number of amides is 3. The number of β-lactam (4-membered cyclic amide) rings is 1. The number of nitrogens with two attached hydrogens (primary N) is 1. The molecular weight excluding hydrogens is 538 g/mol. The Kier molecular flexibility index (Phi) is 6.78. The number of nitrogens with zero attached hydrogens (tertiary/aromatic N) is 6. The lowest BCUT2D eigenvalue weighted by Crippen LogP contribution is -2.71. The third-order valence-corrected chi connectivity index (χ3v) is 8.62. The molecule has 1 aromatic rings. The van der Waals surface area contributed by atoms with Crippen LogP contribution in [-0.4, -0.2) is 113 Å². The summed E-state index contributed by atoms with van der Waals surface area (Å²) < 4.78 is 3.82. The lowest BCUT2D eigenvalue weighted by atomic mass is 10.0. The lowest BCUT2D eigenvalue weighted by molar-refractivity contribution is -0.150. The van der Waals surface area contributed by atoms with Gasteiger partial charge in [0.15, 0.2) is 5.13 Å². The van der Waals surface area contributed by atoms with E-state index in [1.54, 1.807) is 11.0 Å². The number of aliphatic carboxylic acids is 1. The highest BCUT2D eigenvalue weighted by Gasteiger charge is 2.54. The number of thioether (sulfide) groups is 1. The Morgan fingerprint density at radius 2 is 2.08 bits per heavy atom. The van der Waals surface area contributed by atoms with E-state index >= 15 is 0 Å². The molecule has 4 aliphatic heterocycles. The van der Waals surface area contributed by atoms with E-state index in [2.05, 4.69) is 19.8 Å². The topological polar surface area (TPSA) is 218 Å². The van der Waals surface area contributed by atoms with Crippen LogP contribution in [0.3, 0.4) is 0 Å². The summed E-state index contributed by atoms with van der Waals surface area (Å²) in [6.07, 6.45) is 4.04. The molecule has 3 amide bonds. The van der Waals surface area contributed by atoms with Crippen molar-refractivity contribution in [1.29, 1.82) is 5.41 Å². The number of carbonyl (C=O) groups is 4. The maximum Gasteiger partial charge on any atom is 0.352 e. The predicted molar refractivity (Wildman–Crippen MR) is 136 cm³/mol. The van der Waals surface area contributed by atoms with Crippen LogP contribution in [0.1, 0.15) is 18.7 Å². The number of carboxylic acids is 1. The predicted octanol–water partition coefficient (Wildman–Crippen LogP) is -1.12. The Morgan fingerprint density at radius 1 is 1.29 bits per heavy atom. The highest BCUT2D eigenvalue weighted by molar-refractivity contribution is 8.00. The Bertz CT molecular complexity index is 1320. The molecule has 4 aliphatic rings. The van der Waals surface area contributed by atoms with Gasteiger partial charge in [-0.05, 0) is 24.5 Å². The molecule has 200 valence electrons. The summed E-state index contributed by atoms with van der Waals surface area (Å²) in [5.41, 5.74) is 5.56. The van der Waals surface area contributed by atoms with E-state index in [4.69, 9.17) is 11.1 Å². The van der Waals surface area contributed by atoms with Crippen LogP contribution in [0.4, 0.5) is 5.13 Å². The molecule has 0 aliphatic carbocycles. The van der Waals surface area contributed by atoms with Crippen molar-refractivity contribution in [2.75, 3.05) is 31.1 Å². The molecule has 38 heavy (non-hydrogen) atoms. The van der Waals surface area contributed by atoms with Crippen molar-refractivity contribution in [2.24, 2.45) is 5.16 Å². The number of carboxylic acid groups (broad SMARTS) is 1. The first-order valence-corrected chi connectivity index (χ1v) is 13.4. The zero-order chi connectivity index (χ0) is 27.1. The number of likely N-dealkylation sites (tertiary alicyclic amines) is 2. The second kappa shape index (κ2) is 10.1. The maximum atomic E-state index is 13.1. The fourth-order valence-corrected chi connectivity index (χ4v) is 6.69. The highest BCUT2D eigenvalue weighted by Crippen LogP contribution is 2.41. The molecule has 0 saturated carbocycles. The molecule has 6 N–H and O–H groups in total. The molecule has 0 aromatic carbocycles. The van der Waals surface area contributed by atoms with Crippen LogP contribution in [0.2, 0.25) is 0 Å². The van der Waals surface area contributed by atoms with E-state index in [0.717, 1.165) is 22.9 Å². The largest absolute Gasteiger partial charge is 0.477 e. The van der Waals surface area contributed by atoms with Crippen LogP contribution < -0.4 is 11.1 Å². The smallest absolute Gasteiger partial charge is 0.352 e. The van der Waals surface area contributed by atoms with E-state index in [-0.39, 0.29) is 34.4 Å². The number of hydrogen-bond acceptors (Lipinski definition) is 12. The van der Waals surface area contributed by atoms with Crippen molar-refractivity contribution in [3.63, 3.8) is 0 Å². The Labute approximate surface area is 223 Å². The van der Waals surface area contributed by atoms with Crippen LogP contribution in [0.25, 0.3) is 0 Å². The molecule has 1 aromatic heterocycles. The second-order valence-electron chi connectivity index (χ2n) is 8.93. The molecule has 3 atom stereocenters. The van der Waals surface area contributed by atoms with Crippen molar-refractivity contribution >= 4 is 64.2 Å². The number of carbonyl (C=O) groups excluding carboxylic acids is 3. The minimum Gasteiger partial charge on any atom is -0.477 e. The summed E-state index contributed by atoms with van der Waals surface area (Å²) in [7, 11) is 0. The highest BCUT2D eigenvalue weighted by atomic mass is 32.2. The molecule has 17 heteroatoms. The van der Waals surface area contributed by atoms with Crippen LogP contribution in [0, 0.1) is 5.41 Å². The first-order valence-electron chi connectivity index (χ1n) is 11.5. The molecule has 15 nitrogen and oxygen atoms in total. The van der Waals surface area contributed by atoms with Gasteiger partial charge >= 0.3 is 5.97 Å². The Balaban J connectivity index is 1.32. The van der Waals surface area contributed by atoms with Gasteiger partial charge in [-0.2, -0.15) is 9.36 Å². The third kappa shape index (κ3) is 4.36. The number of nitrogen functional groups attached to an aromatic ring is 1. The van der Waals surface area contributed by atoms with Crippen molar-refractivity contribution in [3.8, 4) is 0 Å². The van der Waals surface area contributed by atoms with Crippen molar-refractivity contribution in [2.45, 2.75) is 30.3 Å². The molecule has 0 unspecified atom stereocenters. The van der Waals surface area contributed by atoms with Crippen LogP contribution >= 0.6 is 23.3 Å². The van der Waals surface area contributed by atoms with Gasteiger partial charge in [0.25, 0.3) is 11.8 Å².